The molecule has 0 unspecified atom stereocenters. The average molecular weight is 470 g/mol. The zero-order valence-corrected chi connectivity index (χ0v) is 19.9. The summed E-state index contributed by atoms with van der Waals surface area (Å²) >= 11 is 1.36. The molecule has 168 valence electrons. The summed E-state index contributed by atoms with van der Waals surface area (Å²) in [6.45, 7) is 5.24. The SMILES string of the molecule is Cc1cc(SCC(=O)Nc2ccccc2)nc2ccc(S(=O)(=O)N3CCC(C)CC3)cc12. The van der Waals surface area contributed by atoms with E-state index in [9.17, 15) is 13.2 Å². The summed E-state index contributed by atoms with van der Waals surface area (Å²) in [6.07, 6.45) is 1.79. The van der Waals surface area contributed by atoms with Gasteiger partial charge in [0.2, 0.25) is 15.9 Å². The molecule has 4 rings (SSSR count). The molecule has 2 aromatic carbocycles. The Morgan fingerprint density at radius 2 is 1.84 bits per heavy atom. The quantitative estimate of drug-likeness (QED) is 0.530. The van der Waals surface area contributed by atoms with Gasteiger partial charge in [0.05, 0.1) is 21.2 Å². The zero-order valence-electron chi connectivity index (χ0n) is 18.2. The van der Waals surface area contributed by atoms with Crippen molar-refractivity contribution in [1.29, 1.82) is 0 Å². The van der Waals surface area contributed by atoms with Crippen LogP contribution in [-0.4, -0.2) is 42.5 Å². The zero-order chi connectivity index (χ0) is 22.7. The van der Waals surface area contributed by atoms with Crippen molar-refractivity contribution < 1.29 is 13.2 Å². The minimum atomic E-state index is -3.51. The molecule has 1 N–H and O–H groups in total. The summed E-state index contributed by atoms with van der Waals surface area (Å²) in [5, 5.41) is 4.41. The first kappa shape index (κ1) is 22.8. The number of benzene rings is 2. The fraction of sp³-hybridized carbons (Fsp3) is 0.333. The Morgan fingerprint density at radius 1 is 1.12 bits per heavy atom. The Hall–Kier alpha value is -2.42. The van der Waals surface area contributed by atoms with E-state index < -0.39 is 10.0 Å². The standard InChI is InChI=1S/C24H27N3O3S2/c1-17-10-12-27(13-11-17)32(29,30)20-8-9-22-21(15-20)18(2)14-24(26-22)31-16-23(28)25-19-6-4-3-5-7-19/h3-9,14-15,17H,10-13,16H2,1-2H3,(H,25,28). The van der Waals surface area contributed by atoms with Gasteiger partial charge in [-0.05, 0) is 67.6 Å². The molecule has 1 saturated heterocycles. The van der Waals surface area contributed by atoms with E-state index >= 15 is 0 Å². The van der Waals surface area contributed by atoms with Gasteiger partial charge in [-0.25, -0.2) is 13.4 Å². The molecule has 0 saturated carbocycles. The molecule has 0 spiro atoms. The van der Waals surface area contributed by atoms with Crippen LogP contribution in [0.2, 0.25) is 0 Å². The third kappa shape index (κ3) is 5.14. The van der Waals surface area contributed by atoms with Crippen LogP contribution in [0.25, 0.3) is 10.9 Å². The Morgan fingerprint density at radius 3 is 2.56 bits per heavy atom. The molecule has 0 bridgehead atoms. The summed E-state index contributed by atoms with van der Waals surface area (Å²) in [7, 11) is -3.51. The number of pyridine rings is 1. The number of nitrogens with one attached hydrogen (secondary N) is 1. The van der Waals surface area contributed by atoms with Gasteiger partial charge in [-0.15, -0.1) is 0 Å². The van der Waals surface area contributed by atoms with Crippen molar-refractivity contribution in [2.75, 3.05) is 24.2 Å². The first-order valence-electron chi connectivity index (χ1n) is 10.7. The highest BCUT2D eigenvalue weighted by Crippen LogP contribution is 2.29. The third-order valence-electron chi connectivity index (χ3n) is 5.75. The van der Waals surface area contributed by atoms with Crippen molar-refractivity contribution in [3.8, 4) is 0 Å². The number of anilines is 1. The van der Waals surface area contributed by atoms with Gasteiger partial charge in [-0.1, -0.05) is 36.9 Å². The van der Waals surface area contributed by atoms with Gasteiger partial charge in [0.25, 0.3) is 0 Å². The second-order valence-electron chi connectivity index (χ2n) is 8.25. The number of amides is 1. The Bertz CT molecular complexity index is 1220. The van der Waals surface area contributed by atoms with Crippen molar-refractivity contribution >= 4 is 44.3 Å². The van der Waals surface area contributed by atoms with Crippen LogP contribution in [0.5, 0.6) is 0 Å². The topological polar surface area (TPSA) is 79.4 Å². The molecule has 1 aliphatic heterocycles. The number of carbonyl (C=O) groups excluding carboxylic acids is 1. The summed E-state index contributed by atoms with van der Waals surface area (Å²) in [5.41, 5.74) is 2.42. The third-order valence-corrected chi connectivity index (χ3v) is 8.56. The first-order valence-corrected chi connectivity index (χ1v) is 13.1. The highest BCUT2D eigenvalue weighted by atomic mass is 32.2. The smallest absolute Gasteiger partial charge is 0.243 e. The highest BCUT2D eigenvalue weighted by molar-refractivity contribution is 7.99. The summed E-state index contributed by atoms with van der Waals surface area (Å²) in [6, 6.07) is 16.4. The number of rotatable bonds is 6. The number of carbonyl (C=O) groups is 1. The number of piperidine rings is 1. The number of nitrogens with zero attached hydrogens (tertiary/aromatic N) is 2. The van der Waals surface area contributed by atoms with Crippen LogP contribution in [0.4, 0.5) is 5.69 Å². The molecule has 0 atom stereocenters. The van der Waals surface area contributed by atoms with Crippen molar-refractivity contribution in [3.63, 3.8) is 0 Å². The molecule has 1 aliphatic rings. The predicted molar refractivity (Wildman–Crippen MR) is 129 cm³/mol. The second kappa shape index (κ2) is 9.60. The monoisotopic (exact) mass is 469 g/mol. The summed E-state index contributed by atoms with van der Waals surface area (Å²) < 4.78 is 27.8. The molecule has 6 nitrogen and oxygen atoms in total. The second-order valence-corrected chi connectivity index (χ2v) is 11.2. The molecule has 0 aliphatic carbocycles. The maximum Gasteiger partial charge on any atom is 0.243 e. The predicted octanol–water partition coefficient (Wildman–Crippen LogP) is 4.69. The lowest BCUT2D eigenvalue weighted by Crippen LogP contribution is -2.37. The van der Waals surface area contributed by atoms with Crippen LogP contribution in [-0.2, 0) is 14.8 Å². The lowest BCUT2D eigenvalue weighted by molar-refractivity contribution is -0.113. The maximum atomic E-state index is 13.1. The Labute approximate surface area is 193 Å². The van der Waals surface area contributed by atoms with E-state index in [1.54, 1.807) is 22.5 Å². The van der Waals surface area contributed by atoms with E-state index in [1.807, 2.05) is 43.3 Å². The maximum absolute atomic E-state index is 13.1. The molecule has 8 heteroatoms. The van der Waals surface area contributed by atoms with Crippen LogP contribution in [0.3, 0.4) is 0 Å². The van der Waals surface area contributed by atoms with Crippen LogP contribution in [0.1, 0.15) is 25.3 Å². The van der Waals surface area contributed by atoms with Crippen LogP contribution in [0.15, 0.2) is 64.5 Å². The Balaban J connectivity index is 1.49. The highest BCUT2D eigenvalue weighted by Gasteiger charge is 2.28. The minimum Gasteiger partial charge on any atom is -0.325 e. The lowest BCUT2D eigenvalue weighted by atomic mass is 10.0. The van der Waals surface area contributed by atoms with E-state index in [2.05, 4.69) is 17.2 Å². The van der Waals surface area contributed by atoms with Crippen molar-refractivity contribution in [3.05, 3.63) is 60.2 Å². The fourth-order valence-electron chi connectivity index (χ4n) is 3.81. The Kier molecular flexibility index (Phi) is 6.83. The van der Waals surface area contributed by atoms with Crippen molar-refractivity contribution in [2.45, 2.75) is 36.6 Å². The molecule has 1 fully saturated rings. The minimum absolute atomic E-state index is 0.0990. The largest absolute Gasteiger partial charge is 0.325 e. The van der Waals surface area contributed by atoms with Crippen molar-refractivity contribution in [2.24, 2.45) is 5.92 Å². The number of aromatic nitrogens is 1. The molecule has 2 heterocycles. The molecule has 32 heavy (non-hydrogen) atoms. The van der Waals surface area contributed by atoms with Crippen LogP contribution in [0, 0.1) is 12.8 Å². The van der Waals surface area contributed by atoms with E-state index in [1.165, 1.54) is 11.8 Å². The first-order chi connectivity index (χ1) is 15.3. The average Bonchev–Trinajstić information content (AvgIpc) is 2.78. The van der Waals surface area contributed by atoms with Gasteiger partial charge in [0.1, 0.15) is 0 Å². The number of thioether (sulfide) groups is 1. The number of hydrogen-bond donors (Lipinski definition) is 1. The summed E-state index contributed by atoms with van der Waals surface area (Å²) in [4.78, 5) is 17.2. The molecule has 3 aromatic rings. The van der Waals surface area contributed by atoms with Crippen molar-refractivity contribution in [1.82, 2.24) is 9.29 Å². The summed E-state index contributed by atoms with van der Waals surface area (Å²) in [5.74, 6) is 0.709. The number of fused-ring (bicyclic) bond motifs is 1. The van der Waals surface area contributed by atoms with Gasteiger partial charge in [0, 0.05) is 24.2 Å². The molecular weight excluding hydrogens is 442 g/mol. The van der Waals surface area contributed by atoms with E-state index in [-0.39, 0.29) is 11.7 Å². The van der Waals surface area contributed by atoms with Crippen LogP contribution >= 0.6 is 11.8 Å². The number of sulfonamides is 1. The van der Waals surface area contributed by atoms with Gasteiger partial charge in [-0.2, -0.15) is 4.31 Å². The molecule has 1 amide bonds. The lowest BCUT2D eigenvalue weighted by Gasteiger charge is -2.29. The normalized spacial score (nSPS) is 15.7. The van der Waals surface area contributed by atoms with E-state index in [0.29, 0.717) is 23.9 Å². The molecule has 0 radical (unpaired) electrons. The van der Waals surface area contributed by atoms with Gasteiger partial charge in [-0.3, -0.25) is 4.79 Å². The molecule has 1 aromatic heterocycles. The van der Waals surface area contributed by atoms with E-state index in [4.69, 9.17) is 0 Å². The van der Waals surface area contributed by atoms with E-state index in [0.717, 1.165) is 40.0 Å². The van der Waals surface area contributed by atoms with Gasteiger partial charge < -0.3 is 5.32 Å². The van der Waals surface area contributed by atoms with Gasteiger partial charge in [0.15, 0.2) is 0 Å². The van der Waals surface area contributed by atoms with Crippen LogP contribution < -0.4 is 5.32 Å². The molecular formula is C24H27N3O3S2. The van der Waals surface area contributed by atoms with Gasteiger partial charge >= 0.3 is 0 Å². The fourth-order valence-corrected chi connectivity index (χ4v) is 6.08. The number of aryl methyl sites for hydroxylation is 1. The number of para-hydroxylation sites is 1. The number of hydrogen-bond acceptors (Lipinski definition) is 5.